The van der Waals surface area contributed by atoms with E-state index in [4.69, 9.17) is 25.8 Å². The lowest BCUT2D eigenvalue weighted by molar-refractivity contribution is -0.207. The molecular formula is C26H35ClO4P-. The lowest BCUT2D eigenvalue weighted by Crippen LogP contribution is -2.30. The Balaban J connectivity index is 2.79. The standard InChI is InChI=1S/C26H36ClO4P/c1-16-12-11-13-18(27)21(16)23(28)32-22-19(30-25(5,6)7)14-17(29-24(2,3)4)15-20(22)31-26(8,9)10/h11-15,28H,1-10H3/p-1. The topological polar surface area (TPSA) is 50.8 Å². The maximum absolute atomic E-state index is 13.4. The third kappa shape index (κ3) is 7.99. The molecule has 0 fully saturated rings. The van der Waals surface area contributed by atoms with E-state index < -0.39 is 16.8 Å². The molecule has 0 aliphatic heterocycles. The number of benzene rings is 2. The predicted molar refractivity (Wildman–Crippen MR) is 134 cm³/mol. The van der Waals surface area contributed by atoms with E-state index in [9.17, 15) is 5.11 Å². The molecule has 176 valence electrons. The number of halogens is 1. The summed E-state index contributed by atoms with van der Waals surface area (Å²) in [5.74, 6) is 1.73. The molecule has 0 aromatic heterocycles. The van der Waals surface area contributed by atoms with Crippen molar-refractivity contribution < 1.29 is 19.3 Å². The van der Waals surface area contributed by atoms with Gasteiger partial charge in [0.1, 0.15) is 34.1 Å². The molecule has 0 radical (unpaired) electrons. The second kappa shape index (κ2) is 9.63. The maximum atomic E-state index is 13.4. The minimum absolute atomic E-state index is 0.116. The summed E-state index contributed by atoms with van der Waals surface area (Å²) < 4.78 is 18.7. The second-order valence-corrected chi connectivity index (χ2v) is 12.2. The summed E-state index contributed by atoms with van der Waals surface area (Å²) in [4.78, 5) is 0. The average molecular weight is 478 g/mol. The fourth-order valence-corrected chi connectivity index (χ4v) is 4.38. The third-order valence-corrected chi connectivity index (χ3v) is 5.33. The normalized spacial score (nSPS) is 13.2. The zero-order valence-corrected chi connectivity index (χ0v) is 22.5. The van der Waals surface area contributed by atoms with Crippen LogP contribution in [0, 0.1) is 6.92 Å². The van der Waals surface area contributed by atoms with Crippen LogP contribution in [-0.4, -0.2) is 22.3 Å². The highest BCUT2D eigenvalue weighted by atomic mass is 35.5. The molecule has 4 nitrogen and oxygen atoms in total. The first-order valence-electron chi connectivity index (χ1n) is 10.7. The summed E-state index contributed by atoms with van der Waals surface area (Å²) >= 11 is 6.37. The van der Waals surface area contributed by atoms with E-state index in [0.717, 1.165) is 5.56 Å². The Hall–Kier alpha value is -1.74. The van der Waals surface area contributed by atoms with Gasteiger partial charge in [0.15, 0.2) is 0 Å². The molecular weight excluding hydrogens is 443 g/mol. The van der Waals surface area contributed by atoms with Crippen molar-refractivity contribution in [2.75, 3.05) is 0 Å². The summed E-state index contributed by atoms with van der Waals surface area (Å²) in [6, 6.07) is 9.12. The Bertz CT molecular complexity index is 935. The van der Waals surface area contributed by atoms with Gasteiger partial charge in [0.05, 0.1) is 5.30 Å². The number of ether oxygens (including phenoxy) is 3. The zero-order valence-electron chi connectivity index (χ0n) is 20.8. The highest BCUT2D eigenvalue weighted by molar-refractivity contribution is 7.49. The molecule has 0 N–H and O–H groups in total. The van der Waals surface area contributed by atoms with Crippen molar-refractivity contribution in [2.24, 2.45) is 0 Å². The Kier molecular flexibility index (Phi) is 7.98. The van der Waals surface area contributed by atoms with E-state index >= 15 is 0 Å². The molecule has 32 heavy (non-hydrogen) atoms. The molecule has 0 spiro atoms. The van der Waals surface area contributed by atoms with Gasteiger partial charge >= 0.3 is 0 Å². The largest absolute Gasteiger partial charge is 0.823 e. The SMILES string of the molecule is Cc1cccc(Cl)c1C([O-])=Pc1c(OC(C)(C)C)cc(OC(C)(C)C)cc1OC(C)(C)C. The molecule has 0 bridgehead atoms. The summed E-state index contributed by atoms with van der Waals surface area (Å²) in [6.07, 6.45) is 0. The number of aryl methyl sites for hydroxylation is 1. The monoisotopic (exact) mass is 477 g/mol. The van der Waals surface area contributed by atoms with Gasteiger partial charge in [-0.05, 0) is 86.4 Å². The van der Waals surface area contributed by atoms with Gasteiger partial charge in [-0.15, -0.1) is 5.48 Å². The fourth-order valence-electron chi connectivity index (χ4n) is 2.96. The first-order valence-corrected chi connectivity index (χ1v) is 12.0. The Morgan fingerprint density at radius 3 is 1.69 bits per heavy atom. The molecule has 0 unspecified atom stereocenters. The molecule has 2 rings (SSSR count). The van der Waals surface area contributed by atoms with E-state index in [-0.39, 0.29) is 5.48 Å². The van der Waals surface area contributed by atoms with Crippen molar-refractivity contribution in [3.05, 3.63) is 46.5 Å². The summed E-state index contributed by atoms with van der Waals surface area (Å²) in [6.45, 7) is 19.6. The molecule has 0 aliphatic carbocycles. The molecule has 6 heteroatoms. The Morgan fingerprint density at radius 2 is 1.28 bits per heavy atom. The van der Waals surface area contributed by atoms with Crippen LogP contribution in [0.25, 0.3) is 0 Å². The van der Waals surface area contributed by atoms with E-state index in [1.165, 1.54) is 0 Å². The van der Waals surface area contributed by atoms with Gasteiger partial charge in [-0.25, -0.2) is 0 Å². The Morgan fingerprint density at radius 1 is 0.812 bits per heavy atom. The van der Waals surface area contributed by atoms with E-state index in [0.29, 0.717) is 41.3 Å². The van der Waals surface area contributed by atoms with Crippen LogP contribution in [-0.2, 0) is 0 Å². The second-order valence-electron chi connectivity index (χ2n) is 10.8. The number of hydrogen-bond acceptors (Lipinski definition) is 4. The number of hydrogen-bond donors (Lipinski definition) is 0. The van der Waals surface area contributed by atoms with Crippen LogP contribution in [0.2, 0.25) is 5.02 Å². The molecule has 0 amide bonds. The van der Waals surface area contributed by atoms with Gasteiger partial charge in [0, 0.05) is 17.2 Å². The van der Waals surface area contributed by atoms with Gasteiger partial charge in [-0.2, -0.15) is 0 Å². The van der Waals surface area contributed by atoms with Crippen molar-refractivity contribution >= 4 is 30.6 Å². The fraction of sp³-hybridized carbons (Fsp3) is 0.500. The van der Waals surface area contributed by atoms with E-state index in [1.807, 2.05) is 93.5 Å². The predicted octanol–water partition coefficient (Wildman–Crippen LogP) is 6.29. The molecule has 0 heterocycles. The van der Waals surface area contributed by atoms with Crippen molar-refractivity contribution in [2.45, 2.75) is 86.0 Å². The van der Waals surface area contributed by atoms with Gasteiger partial charge < -0.3 is 19.3 Å². The van der Waals surface area contributed by atoms with Gasteiger partial charge in [0.25, 0.3) is 0 Å². The summed E-state index contributed by atoms with van der Waals surface area (Å²) in [5, 5.41) is 14.5. The smallest absolute Gasteiger partial charge is 0.139 e. The van der Waals surface area contributed by atoms with Gasteiger partial charge in [-0.3, -0.25) is 0 Å². The highest BCUT2D eigenvalue weighted by Gasteiger charge is 2.24. The van der Waals surface area contributed by atoms with E-state index in [1.54, 1.807) is 6.07 Å². The Labute approximate surface area is 199 Å². The minimum Gasteiger partial charge on any atom is -0.823 e. The quantitative estimate of drug-likeness (QED) is 0.475. The lowest BCUT2D eigenvalue weighted by Gasteiger charge is -2.29. The molecule has 0 saturated carbocycles. The van der Waals surface area contributed by atoms with Crippen LogP contribution in [0.5, 0.6) is 17.2 Å². The summed E-state index contributed by atoms with van der Waals surface area (Å²) in [5.41, 5.74) is -0.134. The highest BCUT2D eigenvalue weighted by Crippen LogP contribution is 2.35. The van der Waals surface area contributed by atoms with Crippen molar-refractivity contribution in [1.29, 1.82) is 0 Å². The minimum atomic E-state index is -0.479. The van der Waals surface area contributed by atoms with Crippen LogP contribution in [0.3, 0.4) is 0 Å². The van der Waals surface area contributed by atoms with Crippen LogP contribution >= 0.6 is 19.8 Å². The van der Waals surface area contributed by atoms with Crippen molar-refractivity contribution in [3.63, 3.8) is 0 Å². The van der Waals surface area contributed by atoms with Crippen molar-refractivity contribution in [1.82, 2.24) is 0 Å². The van der Waals surface area contributed by atoms with Crippen LogP contribution < -0.4 is 24.6 Å². The van der Waals surface area contributed by atoms with Crippen LogP contribution in [0.4, 0.5) is 0 Å². The molecule has 2 aromatic carbocycles. The lowest BCUT2D eigenvalue weighted by atomic mass is 10.1. The van der Waals surface area contributed by atoms with Gasteiger partial charge in [-0.1, -0.05) is 31.9 Å². The first kappa shape index (κ1) is 26.5. The van der Waals surface area contributed by atoms with E-state index in [2.05, 4.69) is 0 Å². The van der Waals surface area contributed by atoms with Crippen molar-refractivity contribution in [3.8, 4) is 17.2 Å². The molecule has 0 atom stereocenters. The molecule has 2 aromatic rings. The first-order chi connectivity index (χ1) is 14.5. The molecule has 0 saturated heterocycles. The van der Waals surface area contributed by atoms with Crippen LogP contribution in [0.1, 0.15) is 73.4 Å². The number of rotatable bonds is 5. The third-order valence-electron chi connectivity index (χ3n) is 3.92. The summed E-state index contributed by atoms with van der Waals surface area (Å²) in [7, 11) is 0.415. The van der Waals surface area contributed by atoms with Gasteiger partial charge in [0.2, 0.25) is 0 Å². The zero-order chi connectivity index (χ0) is 24.5. The van der Waals surface area contributed by atoms with Crippen LogP contribution in [0.15, 0.2) is 30.3 Å². The average Bonchev–Trinajstić information content (AvgIpc) is 2.53. The molecule has 0 aliphatic rings. The maximum Gasteiger partial charge on any atom is 0.139 e.